The van der Waals surface area contributed by atoms with Crippen LogP contribution in [0.15, 0.2) is 23.3 Å². The molecule has 0 bridgehead atoms. The third-order valence-corrected chi connectivity index (χ3v) is 10.9. The van der Waals surface area contributed by atoms with E-state index in [0.29, 0.717) is 36.0 Å². The maximum absolute atomic E-state index is 11.5. The Morgan fingerprint density at radius 2 is 1.74 bits per heavy atom. The van der Waals surface area contributed by atoms with Gasteiger partial charge in [0.1, 0.15) is 17.8 Å². The first-order chi connectivity index (χ1) is 14.5. The van der Waals surface area contributed by atoms with Gasteiger partial charge in [-0.05, 0) is 79.1 Å². The predicted octanol–water partition coefficient (Wildman–Crippen LogP) is 5.66. The molecule has 31 heavy (non-hydrogen) atoms. The molecule has 1 aliphatic heterocycles. The van der Waals surface area contributed by atoms with E-state index in [4.69, 9.17) is 4.74 Å². The van der Waals surface area contributed by atoms with Crippen molar-refractivity contribution in [2.24, 2.45) is 40.4 Å². The van der Waals surface area contributed by atoms with Crippen LogP contribution < -0.4 is 0 Å². The molecule has 3 heteroatoms. The van der Waals surface area contributed by atoms with Gasteiger partial charge in [-0.15, -0.1) is 0 Å². The topological polar surface area (TPSA) is 53.0 Å². The third kappa shape index (κ3) is 2.95. The van der Waals surface area contributed by atoms with Crippen molar-refractivity contribution in [1.29, 1.82) is 0 Å². The van der Waals surface area contributed by atoms with Crippen molar-refractivity contribution in [3.63, 3.8) is 0 Å². The highest BCUT2D eigenvalue weighted by atomic mass is 16.6. The number of ether oxygens (including phenoxy) is 1. The molecule has 1 saturated heterocycles. The molecule has 174 valence electrons. The van der Waals surface area contributed by atoms with Crippen molar-refractivity contribution >= 4 is 0 Å². The summed E-state index contributed by atoms with van der Waals surface area (Å²) in [7, 11) is 0. The van der Waals surface area contributed by atoms with Crippen LogP contribution in [0, 0.1) is 40.4 Å². The lowest BCUT2D eigenvalue weighted by Gasteiger charge is -2.54. The third-order valence-electron chi connectivity index (χ3n) is 10.9. The Kier molecular flexibility index (Phi) is 5.13. The first kappa shape index (κ1) is 22.2. The molecule has 0 aromatic carbocycles. The van der Waals surface area contributed by atoms with Crippen molar-refractivity contribution in [2.75, 3.05) is 0 Å². The molecule has 4 aliphatic carbocycles. The molecule has 0 aromatic rings. The number of allylic oxidation sites excluding steroid dienone is 2. The molecule has 0 aromatic heterocycles. The second kappa shape index (κ2) is 7.18. The summed E-state index contributed by atoms with van der Waals surface area (Å²) < 4.78 is 6.33. The Morgan fingerprint density at radius 3 is 2.45 bits per heavy atom. The Hall–Kier alpha value is -0.640. The zero-order chi connectivity index (χ0) is 22.3. The Balaban J connectivity index is 1.45. The Morgan fingerprint density at radius 1 is 1.00 bits per heavy atom. The monoisotopic (exact) mass is 428 g/mol. The second-order valence-electron chi connectivity index (χ2n) is 12.6. The number of fused-ring (bicyclic) bond motifs is 3. The molecule has 2 N–H and O–H groups in total. The maximum atomic E-state index is 11.5. The summed E-state index contributed by atoms with van der Waals surface area (Å²) >= 11 is 0. The van der Waals surface area contributed by atoms with E-state index >= 15 is 0 Å². The van der Waals surface area contributed by atoms with Crippen LogP contribution in [-0.4, -0.2) is 34.1 Å². The van der Waals surface area contributed by atoms with Gasteiger partial charge >= 0.3 is 0 Å². The van der Waals surface area contributed by atoms with Crippen LogP contribution in [0.3, 0.4) is 0 Å². The minimum absolute atomic E-state index is 0.00307. The van der Waals surface area contributed by atoms with E-state index in [9.17, 15) is 10.2 Å². The van der Waals surface area contributed by atoms with Gasteiger partial charge in [0.2, 0.25) is 0 Å². The van der Waals surface area contributed by atoms with Crippen molar-refractivity contribution in [3.05, 3.63) is 23.3 Å². The van der Waals surface area contributed by atoms with Gasteiger partial charge in [-0.3, -0.25) is 0 Å². The fourth-order valence-corrected chi connectivity index (χ4v) is 8.47. The molecule has 5 aliphatic rings. The Labute approximate surface area is 189 Å². The van der Waals surface area contributed by atoms with Gasteiger partial charge in [0, 0.05) is 11.8 Å². The van der Waals surface area contributed by atoms with Gasteiger partial charge in [0.25, 0.3) is 0 Å². The molecule has 0 unspecified atom stereocenters. The summed E-state index contributed by atoms with van der Waals surface area (Å²) in [4.78, 5) is 0. The highest BCUT2D eigenvalue weighted by Gasteiger charge is 2.76. The molecule has 2 saturated carbocycles. The number of aliphatic hydroxyl groups is 2. The normalized spacial score (nSPS) is 50.7. The number of epoxide rings is 1. The van der Waals surface area contributed by atoms with Crippen molar-refractivity contribution in [2.45, 2.75) is 110 Å². The minimum atomic E-state index is -0.469. The lowest BCUT2D eigenvalue weighted by molar-refractivity contribution is -0.000636. The average molecular weight is 429 g/mol. The summed E-state index contributed by atoms with van der Waals surface area (Å²) in [6.07, 6.45) is 11.4. The number of hydrogen-bond donors (Lipinski definition) is 2. The molecule has 1 spiro atoms. The van der Waals surface area contributed by atoms with Crippen molar-refractivity contribution in [1.82, 2.24) is 0 Å². The molecule has 3 fully saturated rings. The molecular weight excluding hydrogens is 384 g/mol. The van der Waals surface area contributed by atoms with E-state index in [1.165, 1.54) is 30.4 Å². The first-order valence-corrected chi connectivity index (χ1v) is 13.0. The van der Waals surface area contributed by atoms with Crippen LogP contribution in [0.2, 0.25) is 0 Å². The van der Waals surface area contributed by atoms with E-state index < -0.39 is 6.10 Å². The number of rotatable bonds is 4. The summed E-state index contributed by atoms with van der Waals surface area (Å²) in [5.41, 5.74) is 2.84. The van der Waals surface area contributed by atoms with Crippen LogP contribution in [0.4, 0.5) is 0 Å². The number of hydrogen-bond acceptors (Lipinski definition) is 3. The maximum Gasteiger partial charge on any atom is 0.118 e. The summed E-state index contributed by atoms with van der Waals surface area (Å²) in [5.74, 6) is 3.05. The molecule has 3 nitrogen and oxygen atoms in total. The average Bonchev–Trinajstić information content (AvgIpc) is 3.34. The fraction of sp³-hybridized carbons (Fsp3) is 0.857. The lowest BCUT2D eigenvalue weighted by atomic mass is 9.50. The van der Waals surface area contributed by atoms with Crippen LogP contribution in [0.5, 0.6) is 0 Å². The van der Waals surface area contributed by atoms with Crippen LogP contribution >= 0.6 is 0 Å². The fourth-order valence-electron chi connectivity index (χ4n) is 8.47. The predicted molar refractivity (Wildman–Crippen MR) is 124 cm³/mol. The van der Waals surface area contributed by atoms with E-state index in [2.05, 4.69) is 53.7 Å². The minimum Gasteiger partial charge on any atom is -0.393 e. The van der Waals surface area contributed by atoms with Gasteiger partial charge < -0.3 is 14.9 Å². The van der Waals surface area contributed by atoms with Crippen molar-refractivity contribution < 1.29 is 14.9 Å². The van der Waals surface area contributed by atoms with E-state index in [1.807, 2.05) is 0 Å². The molecule has 5 rings (SSSR count). The lowest BCUT2D eigenvalue weighted by Crippen LogP contribution is -2.55. The van der Waals surface area contributed by atoms with Crippen LogP contribution in [0.1, 0.15) is 86.5 Å². The highest BCUT2D eigenvalue weighted by Crippen LogP contribution is 2.72. The zero-order valence-corrected chi connectivity index (χ0v) is 20.5. The van der Waals surface area contributed by atoms with Gasteiger partial charge in [-0.1, -0.05) is 59.3 Å². The SMILES string of the molecule is CC(C)[C@@H](C)C=C[C@@H](C)[C@H]1CC[C@H]2C3=C(CC[C@]12C)[C@@]1(C)CC[C@H](O)C[C@@]12O[C@H]2[C@H]3O. The van der Waals surface area contributed by atoms with E-state index in [-0.39, 0.29) is 28.6 Å². The smallest absolute Gasteiger partial charge is 0.118 e. The van der Waals surface area contributed by atoms with Crippen LogP contribution in [0.25, 0.3) is 0 Å². The Bertz CT molecular complexity index is 798. The van der Waals surface area contributed by atoms with Crippen LogP contribution in [-0.2, 0) is 4.74 Å². The quantitative estimate of drug-likeness (QED) is 0.449. The first-order valence-electron chi connectivity index (χ1n) is 13.0. The van der Waals surface area contributed by atoms with Crippen molar-refractivity contribution in [3.8, 4) is 0 Å². The van der Waals surface area contributed by atoms with E-state index in [1.54, 1.807) is 0 Å². The molecule has 0 radical (unpaired) electrons. The number of aliphatic hydroxyl groups excluding tert-OH is 2. The largest absolute Gasteiger partial charge is 0.393 e. The van der Waals surface area contributed by atoms with Gasteiger partial charge in [0.15, 0.2) is 0 Å². The highest BCUT2D eigenvalue weighted by molar-refractivity contribution is 5.45. The van der Waals surface area contributed by atoms with Gasteiger partial charge in [-0.25, -0.2) is 0 Å². The summed E-state index contributed by atoms with van der Waals surface area (Å²) in [6.45, 7) is 14.3. The molecule has 1 heterocycles. The standard InChI is InChI=1S/C28H44O3/c1-16(2)17(3)7-8-18(4)20-9-10-21-23-22(12-13-26(20,21)5)27(6)14-11-19(29)15-28(27)25(31-28)24(23)30/h7-8,16-21,24-25,29-30H,9-15H2,1-6H3/t17-,18+,19-,20+,21-,24-,25-,26+,27+,28-/m0/s1. The molecular formula is C28H44O3. The summed E-state index contributed by atoms with van der Waals surface area (Å²) in [5, 5.41) is 21.9. The zero-order valence-electron chi connectivity index (χ0n) is 20.5. The molecule has 10 atom stereocenters. The summed E-state index contributed by atoms with van der Waals surface area (Å²) in [6, 6.07) is 0. The van der Waals surface area contributed by atoms with E-state index in [0.717, 1.165) is 19.3 Å². The van der Waals surface area contributed by atoms with Gasteiger partial charge in [-0.2, -0.15) is 0 Å². The molecule has 0 amide bonds. The second-order valence-corrected chi connectivity index (χ2v) is 12.6. The van der Waals surface area contributed by atoms with Gasteiger partial charge in [0.05, 0.1) is 6.10 Å².